The average Bonchev–Trinajstić information content (AvgIpc) is 3.09. The quantitative estimate of drug-likeness (QED) is 0.443. The first-order chi connectivity index (χ1) is 15.2. The molecule has 2 atom stereocenters. The van der Waals surface area contributed by atoms with Crippen LogP contribution >= 0.6 is 0 Å². The molecule has 172 valence electrons. The summed E-state index contributed by atoms with van der Waals surface area (Å²) >= 11 is 0. The van der Waals surface area contributed by atoms with Crippen LogP contribution in [-0.4, -0.2) is 58.6 Å². The van der Waals surface area contributed by atoms with E-state index < -0.39 is 42.3 Å². The highest BCUT2D eigenvalue weighted by Gasteiger charge is 2.44. The van der Waals surface area contributed by atoms with E-state index in [9.17, 15) is 27.2 Å². The Hall–Kier alpha value is -3.24. The number of rotatable bonds is 8. The molecule has 0 aliphatic carbocycles. The van der Waals surface area contributed by atoms with Gasteiger partial charge in [-0.15, -0.1) is 0 Å². The summed E-state index contributed by atoms with van der Waals surface area (Å²) in [6.45, 7) is 3.11. The molecule has 2 aromatic rings. The van der Waals surface area contributed by atoms with Gasteiger partial charge in [0, 0.05) is 5.56 Å². The van der Waals surface area contributed by atoms with Crippen LogP contribution in [0.2, 0.25) is 0 Å². The molecule has 0 N–H and O–H groups in total. The molecule has 1 saturated heterocycles. The number of anilines is 1. The Morgan fingerprint density at radius 3 is 2.53 bits per heavy atom. The van der Waals surface area contributed by atoms with E-state index in [0.29, 0.717) is 12.4 Å². The van der Waals surface area contributed by atoms with E-state index in [1.807, 2.05) is 0 Å². The van der Waals surface area contributed by atoms with Crippen molar-refractivity contribution in [3.63, 3.8) is 0 Å². The summed E-state index contributed by atoms with van der Waals surface area (Å²) in [5, 5.41) is 0. The molecule has 0 bridgehead atoms. The molecule has 32 heavy (non-hydrogen) atoms. The van der Waals surface area contributed by atoms with Crippen molar-refractivity contribution in [3.8, 4) is 5.75 Å². The van der Waals surface area contributed by atoms with Gasteiger partial charge in [0.2, 0.25) is 5.95 Å². The molecule has 2 amide bonds. The van der Waals surface area contributed by atoms with Crippen molar-refractivity contribution in [1.82, 2.24) is 14.9 Å². The third-order valence-electron chi connectivity index (χ3n) is 5.05. The minimum Gasteiger partial charge on any atom is -0.491 e. The Kier molecular flexibility index (Phi) is 6.95. The highest BCUT2D eigenvalue weighted by atomic mass is 19.4. The summed E-state index contributed by atoms with van der Waals surface area (Å²) in [6, 6.07) is 2.24. The molecule has 0 radical (unpaired) electrons. The van der Waals surface area contributed by atoms with Crippen LogP contribution in [0.25, 0.3) is 0 Å². The number of nitrogens with zero attached hydrogens (tertiary/aromatic N) is 4. The maximum Gasteiger partial charge on any atom is 0.416 e. The molecule has 0 unspecified atom stereocenters. The number of halogens is 4. The van der Waals surface area contributed by atoms with Gasteiger partial charge in [0.25, 0.3) is 0 Å². The number of alkyl halides is 4. The predicted octanol–water partition coefficient (Wildman–Crippen LogP) is 4.14. The zero-order valence-corrected chi connectivity index (χ0v) is 17.5. The van der Waals surface area contributed by atoms with Gasteiger partial charge in [-0.2, -0.15) is 13.2 Å². The Balaban J connectivity index is 1.83. The van der Waals surface area contributed by atoms with Gasteiger partial charge in [0.05, 0.1) is 43.7 Å². The SMILES string of the molecule is CCOc1cnc(N2C[C@H]([C@@H](F)CC)N(CC(=O)c3cccc(C(F)(F)F)c3)C2=O)nc1. The zero-order valence-electron chi connectivity index (χ0n) is 17.5. The van der Waals surface area contributed by atoms with Crippen LogP contribution in [0.3, 0.4) is 0 Å². The van der Waals surface area contributed by atoms with E-state index in [4.69, 9.17) is 4.74 Å². The van der Waals surface area contributed by atoms with Crippen LogP contribution in [0.15, 0.2) is 36.7 Å². The molecule has 1 aromatic heterocycles. The van der Waals surface area contributed by atoms with Crippen LogP contribution in [0, 0.1) is 0 Å². The van der Waals surface area contributed by atoms with Gasteiger partial charge in [0.15, 0.2) is 11.5 Å². The topological polar surface area (TPSA) is 75.6 Å². The fourth-order valence-electron chi connectivity index (χ4n) is 3.40. The second-order valence-electron chi connectivity index (χ2n) is 7.17. The fourth-order valence-corrected chi connectivity index (χ4v) is 3.40. The maximum atomic E-state index is 14.6. The fraction of sp³-hybridized carbons (Fsp3) is 0.429. The Morgan fingerprint density at radius 2 is 1.94 bits per heavy atom. The summed E-state index contributed by atoms with van der Waals surface area (Å²) in [4.78, 5) is 36.0. The van der Waals surface area contributed by atoms with E-state index in [1.54, 1.807) is 13.8 Å². The van der Waals surface area contributed by atoms with E-state index >= 15 is 0 Å². The van der Waals surface area contributed by atoms with Crippen molar-refractivity contribution in [3.05, 3.63) is 47.8 Å². The lowest BCUT2D eigenvalue weighted by atomic mass is 10.1. The molecule has 11 heteroatoms. The van der Waals surface area contributed by atoms with Crippen molar-refractivity contribution < 1.29 is 31.9 Å². The molecule has 1 aliphatic rings. The maximum absolute atomic E-state index is 14.6. The molecule has 2 heterocycles. The molecular formula is C21H22F4N4O3. The first-order valence-corrected chi connectivity index (χ1v) is 10.0. The number of carbonyl (C=O) groups excluding carboxylic acids is 2. The van der Waals surface area contributed by atoms with Gasteiger partial charge in [-0.25, -0.2) is 19.2 Å². The van der Waals surface area contributed by atoms with Crippen molar-refractivity contribution in [2.24, 2.45) is 0 Å². The summed E-state index contributed by atoms with van der Waals surface area (Å²) < 4.78 is 58.8. The minimum absolute atomic E-state index is 0.0146. The van der Waals surface area contributed by atoms with E-state index in [2.05, 4.69) is 9.97 Å². The molecule has 1 fully saturated rings. The highest BCUT2D eigenvalue weighted by Crippen LogP contribution is 2.30. The number of Topliss-reactive ketones (excluding diaryl/α,β-unsaturated/α-hetero) is 1. The van der Waals surface area contributed by atoms with Gasteiger partial charge in [0.1, 0.15) is 6.17 Å². The smallest absolute Gasteiger partial charge is 0.416 e. The first-order valence-electron chi connectivity index (χ1n) is 10.0. The first kappa shape index (κ1) is 23.4. The number of benzene rings is 1. The van der Waals surface area contributed by atoms with Crippen LogP contribution in [-0.2, 0) is 6.18 Å². The third-order valence-corrected chi connectivity index (χ3v) is 5.05. The number of amides is 2. The average molecular weight is 454 g/mol. The van der Waals surface area contributed by atoms with Gasteiger partial charge in [-0.1, -0.05) is 19.1 Å². The summed E-state index contributed by atoms with van der Waals surface area (Å²) in [6.07, 6.45) is -3.23. The van der Waals surface area contributed by atoms with Crippen molar-refractivity contribution in [2.45, 2.75) is 38.7 Å². The van der Waals surface area contributed by atoms with E-state index in [-0.39, 0.29) is 24.5 Å². The van der Waals surface area contributed by atoms with Crippen LogP contribution < -0.4 is 9.64 Å². The lowest BCUT2D eigenvalue weighted by Gasteiger charge is -2.24. The standard InChI is InChI=1S/C21H22F4N4O3/c1-3-16(22)17-11-29(19-26-9-15(10-27-19)32-4-2)20(31)28(17)12-18(30)13-6-5-7-14(8-13)21(23,24)25/h5-10,16-17H,3-4,11-12H2,1-2H3/t16-,17+/m0/s1. The zero-order chi connectivity index (χ0) is 23.5. The van der Waals surface area contributed by atoms with Crippen molar-refractivity contribution in [2.75, 3.05) is 24.6 Å². The summed E-state index contributed by atoms with van der Waals surface area (Å²) in [5.41, 5.74) is -1.19. The lowest BCUT2D eigenvalue weighted by Crippen LogP contribution is -2.43. The van der Waals surface area contributed by atoms with Gasteiger partial charge in [-0.05, 0) is 25.5 Å². The predicted molar refractivity (Wildman–Crippen MR) is 107 cm³/mol. The van der Waals surface area contributed by atoms with E-state index in [0.717, 1.165) is 28.0 Å². The van der Waals surface area contributed by atoms with E-state index in [1.165, 1.54) is 18.5 Å². The summed E-state index contributed by atoms with van der Waals surface area (Å²) in [7, 11) is 0. The number of urea groups is 1. The summed E-state index contributed by atoms with van der Waals surface area (Å²) in [5.74, 6) is -0.319. The second-order valence-corrected chi connectivity index (χ2v) is 7.17. The Labute approximate surface area is 182 Å². The van der Waals surface area contributed by atoms with Gasteiger partial charge < -0.3 is 9.64 Å². The molecule has 1 aromatic carbocycles. The van der Waals surface area contributed by atoms with Crippen LogP contribution in [0.4, 0.5) is 28.3 Å². The molecule has 1 aliphatic heterocycles. The normalized spacial score (nSPS) is 17.6. The van der Waals surface area contributed by atoms with Gasteiger partial charge in [-0.3, -0.25) is 9.69 Å². The molecule has 0 spiro atoms. The van der Waals surface area contributed by atoms with Gasteiger partial charge >= 0.3 is 12.2 Å². The number of aromatic nitrogens is 2. The van der Waals surface area contributed by atoms with Crippen LogP contribution in [0.1, 0.15) is 36.2 Å². The number of carbonyl (C=O) groups is 2. The lowest BCUT2D eigenvalue weighted by molar-refractivity contribution is -0.137. The highest BCUT2D eigenvalue weighted by molar-refractivity contribution is 6.02. The number of hydrogen-bond acceptors (Lipinski definition) is 5. The molecule has 0 saturated carbocycles. The number of hydrogen-bond donors (Lipinski definition) is 0. The molecule has 3 rings (SSSR count). The minimum atomic E-state index is -4.61. The molecular weight excluding hydrogens is 432 g/mol. The second kappa shape index (κ2) is 9.49. The number of ketones is 1. The largest absolute Gasteiger partial charge is 0.491 e. The van der Waals surface area contributed by atoms with Crippen molar-refractivity contribution >= 4 is 17.8 Å². The van der Waals surface area contributed by atoms with Crippen molar-refractivity contribution in [1.29, 1.82) is 0 Å². The Morgan fingerprint density at radius 1 is 1.25 bits per heavy atom. The molecule has 7 nitrogen and oxygen atoms in total. The third kappa shape index (κ3) is 4.97. The Bertz CT molecular complexity index is 968. The number of ether oxygens (including phenoxy) is 1. The van der Waals surface area contributed by atoms with Crippen LogP contribution in [0.5, 0.6) is 5.75 Å². The monoisotopic (exact) mass is 454 g/mol.